The Morgan fingerprint density at radius 3 is 2.61 bits per heavy atom. The van der Waals surface area contributed by atoms with Crippen LogP contribution in [0.25, 0.3) is 11.1 Å². The van der Waals surface area contributed by atoms with Crippen LogP contribution in [0.3, 0.4) is 0 Å². The molecule has 0 spiro atoms. The van der Waals surface area contributed by atoms with Gasteiger partial charge in [0.15, 0.2) is 0 Å². The molecule has 2 aliphatic heterocycles. The summed E-state index contributed by atoms with van der Waals surface area (Å²) in [6.45, 7) is 7.86. The normalized spacial score (nSPS) is 19.0. The first-order valence-electron chi connectivity index (χ1n) is 11.5. The van der Waals surface area contributed by atoms with E-state index < -0.39 is 11.7 Å². The lowest BCUT2D eigenvalue weighted by Crippen LogP contribution is -2.49. The molecule has 1 aromatic heterocycles. The summed E-state index contributed by atoms with van der Waals surface area (Å²) >= 11 is 6.27. The number of hydrogen-bond acceptors (Lipinski definition) is 5. The lowest BCUT2D eigenvalue weighted by Gasteiger charge is -2.36. The number of carbonyl (C=O) groups is 2. The summed E-state index contributed by atoms with van der Waals surface area (Å²) < 4.78 is 5.43. The number of rotatable bonds is 4. The Hall–Kier alpha value is -2.80. The van der Waals surface area contributed by atoms with E-state index in [0.29, 0.717) is 18.1 Å². The van der Waals surface area contributed by atoms with Gasteiger partial charge in [-0.15, -0.1) is 0 Å². The van der Waals surface area contributed by atoms with E-state index >= 15 is 0 Å². The average molecular weight is 471 g/mol. The van der Waals surface area contributed by atoms with Crippen LogP contribution in [0.5, 0.6) is 0 Å². The molecule has 1 atom stereocenters. The summed E-state index contributed by atoms with van der Waals surface area (Å²) in [5, 5.41) is 3.43. The van der Waals surface area contributed by atoms with Crippen LogP contribution in [0.15, 0.2) is 36.5 Å². The Morgan fingerprint density at radius 2 is 1.94 bits per heavy atom. The van der Waals surface area contributed by atoms with Crippen molar-refractivity contribution < 1.29 is 14.3 Å². The van der Waals surface area contributed by atoms with Crippen molar-refractivity contribution in [3.05, 3.63) is 41.7 Å². The number of nitrogens with one attached hydrogen (secondary N) is 1. The lowest BCUT2D eigenvalue weighted by atomic mass is 10.0. The van der Waals surface area contributed by atoms with Gasteiger partial charge in [-0.05, 0) is 63.8 Å². The molecule has 2 fully saturated rings. The van der Waals surface area contributed by atoms with Gasteiger partial charge in [0.05, 0.1) is 0 Å². The van der Waals surface area contributed by atoms with Crippen LogP contribution in [0, 0.1) is 0 Å². The molecule has 8 heteroatoms. The number of nitrogens with zero attached hydrogens (tertiary/aromatic N) is 3. The van der Waals surface area contributed by atoms with Crippen molar-refractivity contribution in [2.24, 2.45) is 0 Å². The van der Waals surface area contributed by atoms with Gasteiger partial charge in [-0.3, -0.25) is 4.79 Å². The van der Waals surface area contributed by atoms with Gasteiger partial charge in [-0.25, -0.2) is 9.78 Å². The van der Waals surface area contributed by atoms with Gasteiger partial charge in [0, 0.05) is 55.2 Å². The number of carbonyl (C=O) groups excluding carboxylic acids is 2. The van der Waals surface area contributed by atoms with E-state index in [2.05, 4.69) is 15.2 Å². The average Bonchev–Trinajstić information content (AvgIpc) is 3.18. The molecule has 0 bridgehead atoms. The Morgan fingerprint density at radius 1 is 1.18 bits per heavy atom. The molecule has 2 aromatic rings. The quantitative estimate of drug-likeness (QED) is 0.635. The second-order valence-corrected chi connectivity index (χ2v) is 10.0. The second kappa shape index (κ2) is 9.59. The van der Waals surface area contributed by atoms with Crippen molar-refractivity contribution >= 4 is 35.0 Å². The standard InChI is InChI=1S/C25H31ClN4O3/c1-25(2,3)33-24(32)28-18-6-4-12-29(16-18)21-14-22(26)27-15-20(21)17-8-10-19(11-9-17)30-13-5-7-23(30)31/h8-11,14-15,18H,4-7,12-13,16H2,1-3H3,(H,28,32)/t18-/m0/s1. The van der Waals surface area contributed by atoms with Crippen LogP contribution in [-0.2, 0) is 9.53 Å². The number of amides is 2. The van der Waals surface area contributed by atoms with Crippen molar-refractivity contribution in [3.8, 4) is 11.1 Å². The maximum absolute atomic E-state index is 12.3. The molecular weight excluding hydrogens is 440 g/mol. The molecule has 2 aliphatic rings. The molecule has 4 rings (SSSR count). The van der Waals surface area contributed by atoms with Crippen molar-refractivity contribution in [3.63, 3.8) is 0 Å². The Labute approximate surface area is 200 Å². The molecule has 2 amide bonds. The molecule has 0 unspecified atom stereocenters. The summed E-state index contributed by atoms with van der Waals surface area (Å²) in [4.78, 5) is 32.7. The summed E-state index contributed by atoms with van der Waals surface area (Å²) in [6, 6.07) is 9.88. The Kier molecular flexibility index (Phi) is 6.79. The van der Waals surface area contributed by atoms with Gasteiger partial charge in [0.2, 0.25) is 5.91 Å². The number of halogens is 1. The summed E-state index contributed by atoms with van der Waals surface area (Å²) in [5.41, 5.74) is 3.35. The van der Waals surface area contributed by atoms with Crippen LogP contribution >= 0.6 is 11.6 Å². The minimum Gasteiger partial charge on any atom is -0.444 e. The van der Waals surface area contributed by atoms with E-state index in [9.17, 15) is 9.59 Å². The first kappa shape index (κ1) is 23.4. The highest BCUT2D eigenvalue weighted by Crippen LogP contribution is 2.35. The van der Waals surface area contributed by atoms with E-state index in [4.69, 9.17) is 16.3 Å². The highest BCUT2D eigenvalue weighted by molar-refractivity contribution is 6.29. The maximum Gasteiger partial charge on any atom is 0.407 e. The zero-order valence-corrected chi connectivity index (χ0v) is 20.2. The fourth-order valence-electron chi connectivity index (χ4n) is 4.43. The van der Waals surface area contributed by atoms with Gasteiger partial charge < -0.3 is 19.9 Å². The number of anilines is 2. The van der Waals surface area contributed by atoms with Crippen molar-refractivity contribution in [2.45, 2.75) is 58.1 Å². The lowest BCUT2D eigenvalue weighted by molar-refractivity contribution is -0.117. The number of aromatic nitrogens is 1. The third kappa shape index (κ3) is 5.77. The molecule has 176 valence electrons. The van der Waals surface area contributed by atoms with Crippen LogP contribution < -0.4 is 15.1 Å². The molecule has 0 radical (unpaired) electrons. The maximum atomic E-state index is 12.3. The van der Waals surface area contributed by atoms with E-state index in [1.54, 1.807) is 6.20 Å². The Bertz CT molecular complexity index is 1020. The van der Waals surface area contributed by atoms with Gasteiger partial charge in [-0.2, -0.15) is 0 Å². The fourth-order valence-corrected chi connectivity index (χ4v) is 4.59. The third-order valence-electron chi connectivity index (χ3n) is 5.90. The fraction of sp³-hybridized carbons (Fsp3) is 0.480. The molecule has 3 heterocycles. The molecule has 33 heavy (non-hydrogen) atoms. The molecule has 0 aliphatic carbocycles. The van der Waals surface area contributed by atoms with Crippen LogP contribution in [0.4, 0.5) is 16.2 Å². The number of alkyl carbamates (subject to hydrolysis) is 1. The summed E-state index contributed by atoms with van der Waals surface area (Å²) in [7, 11) is 0. The van der Waals surface area contributed by atoms with Crippen LogP contribution in [-0.4, -0.2) is 48.3 Å². The van der Waals surface area contributed by atoms with Crippen molar-refractivity contribution in [1.82, 2.24) is 10.3 Å². The highest BCUT2D eigenvalue weighted by atomic mass is 35.5. The molecular formula is C25H31ClN4O3. The van der Waals surface area contributed by atoms with Gasteiger partial charge >= 0.3 is 6.09 Å². The summed E-state index contributed by atoms with van der Waals surface area (Å²) in [5.74, 6) is 0.174. The Balaban J connectivity index is 1.53. The monoisotopic (exact) mass is 470 g/mol. The van der Waals surface area contributed by atoms with Crippen molar-refractivity contribution in [2.75, 3.05) is 29.4 Å². The minimum atomic E-state index is -0.532. The van der Waals surface area contributed by atoms with Crippen LogP contribution in [0.1, 0.15) is 46.5 Å². The third-order valence-corrected chi connectivity index (χ3v) is 6.10. The largest absolute Gasteiger partial charge is 0.444 e. The molecule has 1 N–H and O–H groups in total. The molecule has 0 saturated carbocycles. The number of hydrogen-bond donors (Lipinski definition) is 1. The zero-order chi connectivity index (χ0) is 23.6. The SMILES string of the molecule is CC(C)(C)OC(=O)N[C@H]1CCCN(c2cc(Cl)ncc2-c2ccc(N3CCCC3=O)cc2)C1. The topological polar surface area (TPSA) is 74.8 Å². The van der Waals surface area contributed by atoms with E-state index in [1.807, 2.05) is 56.0 Å². The molecule has 7 nitrogen and oxygen atoms in total. The van der Waals surface area contributed by atoms with Gasteiger partial charge in [0.25, 0.3) is 0 Å². The highest BCUT2D eigenvalue weighted by Gasteiger charge is 2.26. The minimum absolute atomic E-state index is 0.0167. The number of benzene rings is 1. The van der Waals surface area contributed by atoms with Crippen molar-refractivity contribution in [1.29, 1.82) is 0 Å². The molecule has 2 saturated heterocycles. The smallest absolute Gasteiger partial charge is 0.407 e. The number of pyridine rings is 1. The second-order valence-electron chi connectivity index (χ2n) is 9.65. The van der Waals surface area contributed by atoms with E-state index in [1.165, 1.54) is 0 Å². The van der Waals surface area contributed by atoms with E-state index in [-0.39, 0.29) is 11.9 Å². The number of piperidine rings is 1. The summed E-state index contributed by atoms with van der Waals surface area (Å²) in [6.07, 6.45) is 4.74. The zero-order valence-electron chi connectivity index (χ0n) is 19.4. The predicted octanol–water partition coefficient (Wildman–Crippen LogP) is 5.02. The first-order chi connectivity index (χ1) is 15.7. The first-order valence-corrected chi connectivity index (χ1v) is 11.9. The van der Waals surface area contributed by atoms with Gasteiger partial charge in [0.1, 0.15) is 10.8 Å². The van der Waals surface area contributed by atoms with E-state index in [0.717, 1.165) is 54.9 Å². The number of ether oxygens (including phenoxy) is 1. The van der Waals surface area contributed by atoms with Gasteiger partial charge in [-0.1, -0.05) is 23.7 Å². The molecule has 1 aromatic carbocycles. The predicted molar refractivity (Wildman–Crippen MR) is 131 cm³/mol. The van der Waals surface area contributed by atoms with Crippen LogP contribution in [0.2, 0.25) is 5.15 Å².